The molecule has 0 aliphatic rings. The molecule has 0 radical (unpaired) electrons. The van der Waals surface area contributed by atoms with Crippen LogP contribution in [0.2, 0.25) is 4.34 Å². The van der Waals surface area contributed by atoms with E-state index in [-0.39, 0.29) is 0 Å². The molecule has 2 rings (SSSR count). The molecule has 25 heavy (non-hydrogen) atoms. The summed E-state index contributed by atoms with van der Waals surface area (Å²) in [6.45, 7) is 9.38. The molecule has 0 bridgehead atoms. The molecular formula is C16H25ClN4O2S2. The predicted octanol–water partition coefficient (Wildman–Crippen LogP) is 3.33. The Morgan fingerprint density at radius 2 is 1.88 bits per heavy atom. The fraction of sp³-hybridized carbons (Fsp3) is 0.562. The summed E-state index contributed by atoms with van der Waals surface area (Å²) in [5.74, 6) is 0. The average Bonchev–Trinajstić information content (AvgIpc) is 3.03. The number of halogens is 1. The van der Waals surface area contributed by atoms with Crippen molar-refractivity contribution in [2.75, 3.05) is 20.1 Å². The first-order valence-corrected chi connectivity index (χ1v) is 10.8. The van der Waals surface area contributed by atoms with Crippen molar-refractivity contribution in [3.8, 4) is 0 Å². The molecule has 0 aliphatic heterocycles. The first-order chi connectivity index (χ1) is 11.7. The lowest BCUT2D eigenvalue weighted by Gasteiger charge is -2.19. The number of hydrogen-bond acceptors (Lipinski definition) is 5. The standard InChI is InChI=1S/C16H25ClN4O2S2/c1-6-20(7-2)25(22,23)16-12(3)18-21(13(16)4)11-19(5)10-14-8-9-15(17)24-14/h8-9H,6-7,10-11H2,1-5H3. The van der Waals surface area contributed by atoms with Gasteiger partial charge in [0, 0.05) is 24.5 Å². The monoisotopic (exact) mass is 404 g/mol. The Labute approximate surface area is 159 Å². The predicted molar refractivity (Wildman–Crippen MR) is 103 cm³/mol. The Balaban J connectivity index is 2.24. The van der Waals surface area contributed by atoms with Gasteiger partial charge in [-0.1, -0.05) is 25.4 Å². The molecule has 2 heterocycles. The summed E-state index contributed by atoms with van der Waals surface area (Å²) >= 11 is 7.52. The summed E-state index contributed by atoms with van der Waals surface area (Å²) in [4.78, 5) is 3.56. The van der Waals surface area contributed by atoms with Gasteiger partial charge in [-0.25, -0.2) is 8.42 Å². The minimum atomic E-state index is -3.52. The van der Waals surface area contributed by atoms with Crippen molar-refractivity contribution in [1.82, 2.24) is 19.0 Å². The highest BCUT2D eigenvalue weighted by atomic mass is 35.5. The van der Waals surface area contributed by atoms with Crippen molar-refractivity contribution in [2.24, 2.45) is 0 Å². The second kappa shape index (κ2) is 8.18. The van der Waals surface area contributed by atoms with Crippen LogP contribution in [0.3, 0.4) is 0 Å². The van der Waals surface area contributed by atoms with Gasteiger partial charge in [-0.15, -0.1) is 11.3 Å². The summed E-state index contributed by atoms with van der Waals surface area (Å²) in [6.07, 6.45) is 0. The van der Waals surface area contributed by atoms with Crippen LogP contribution >= 0.6 is 22.9 Å². The minimum Gasteiger partial charge on any atom is -0.282 e. The van der Waals surface area contributed by atoms with Gasteiger partial charge in [-0.2, -0.15) is 9.40 Å². The van der Waals surface area contributed by atoms with E-state index in [1.807, 2.05) is 40.0 Å². The van der Waals surface area contributed by atoms with E-state index in [1.165, 1.54) is 4.31 Å². The maximum absolute atomic E-state index is 12.9. The normalized spacial score (nSPS) is 12.5. The first kappa shape index (κ1) is 20.4. The number of hydrogen-bond donors (Lipinski definition) is 0. The number of nitrogens with zero attached hydrogens (tertiary/aromatic N) is 4. The smallest absolute Gasteiger partial charge is 0.246 e. The molecule has 0 fully saturated rings. The van der Waals surface area contributed by atoms with E-state index in [2.05, 4.69) is 10.00 Å². The molecule has 2 aromatic heterocycles. The number of aryl methyl sites for hydroxylation is 1. The zero-order chi connectivity index (χ0) is 18.8. The van der Waals surface area contributed by atoms with Crippen LogP contribution in [0, 0.1) is 13.8 Å². The van der Waals surface area contributed by atoms with Crippen LogP contribution in [0.4, 0.5) is 0 Å². The molecule has 6 nitrogen and oxygen atoms in total. The maximum atomic E-state index is 12.9. The molecule has 0 aromatic carbocycles. The van der Waals surface area contributed by atoms with Crippen LogP contribution in [-0.4, -0.2) is 47.5 Å². The lowest BCUT2D eigenvalue weighted by atomic mass is 10.4. The van der Waals surface area contributed by atoms with Gasteiger partial charge in [0.2, 0.25) is 10.0 Å². The Morgan fingerprint density at radius 3 is 2.40 bits per heavy atom. The summed E-state index contributed by atoms with van der Waals surface area (Å²) in [5, 5.41) is 4.46. The quantitative estimate of drug-likeness (QED) is 0.677. The van der Waals surface area contributed by atoms with Gasteiger partial charge in [0.1, 0.15) is 4.90 Å². The van der Waals surface area contributed by atoms with Gasteiger partial charge in [0.25, 0.3) is 0 Å². The van der Waals surface area contributed by atoms with Gasteiger partial charge in [-0.3, -0.25) is 9.58 Å². The Bertz CT molecular complexity index is 825. The van der Waals surface area contributed by atoms with E-state index in [9.17, 15) is 8.42 Å². The molecule has 9 heteroatoms. The molecule has 0 atom stereocenters. The summed E-state index contributed by atoms with van der Waals surface area (Å²) in [5.41, 5.74) is 1.21. The van der Waals surface area contributed by atoms with Crippen molar-refractivity contribution >= 4 is 33.0 Å². The lowest BCUT2D eigenvalue weighted by molar-refractivity contribution is 0.245. The topological polar surface area (TPSA) is 58.4 Å². The van der Waals surface area contributed by atoms with Crippen molar-refractivity contribution in [1.29, 1.82) is 0 Å². The Kier molecular flexibility index (Phi) is 6.67. The molecule has 0 aliphatic carbocycles. The van der Waals surface area contributed by atoms with E-state index in [4.69, 9.17) is 11.6 Å². The van der Waals surface area contributed by atoms with Crippen molar-refractivity contribution in [3.05, 3.63) is 32.7 Å². The second-order valence-electron chi connectivity index (χ2n) is 5.95. The number of rotatable bonds is 8. The fourth-order valence-corrected chi connectivity index (χ4v) is 5.86. The molecule has 0 saturated carbocycles. The van der Waals surface area contributed by atoms with Gasteiger partial charge < -0.3 is 0 Å². The number of sulfonamides is 1. The average molecular weight is 405 g/mol. The van der Waals surface area contributed by atoms with E-state index in [0.717, 1.165) is 15.8 Å². The minimum absolute atomic E-state index is 0.323. The zero-order valence-electron chi connectivity index (χ0n) is 15.3. The van der Waals surface area contributed by atoms with Crippen LogP contribution < -0.4 is 0 Å². The molecule has 0 amide bonds. The van der Waals surface area contributed by atoms with Crippen LogP contribution in [0.25, 0.3) is 0 Å². The van der Waals surface area contributed by atoms with E-state index < -0.39 is 10.0 Å². The van der Waals surface area contributed by atoms with E-state index in [1.54, 1.807) is 22.9 Å². The largest absolute Gasteiger partial charge is 0.282 e. The maximum Gasteiger partial charge on any atom is 0.246 e. The van der Waals surface area contributed by atoms with Crippen LogP contribution in [0.1, 0.15) is 30.1 Å². The third-order valence-corrected chi connectivity index (χ3v) is 7.57. The van der Waals surface area contributed by atoms with Crippen LogP contribution in [0.15, 0.2) is 17.0 Å². The summed E-state index contributed by atoms with van der Waals surface area (Å²) in [6, 6.07) is 3.88. The van der Waals surface area contributed by atoms with Gasteiger partial charge >= 0.3 is 0 Å². The first-order valence-electron chi connectivity index (χ1n) is 8.17. The van der Waals surface area contributed by atoms with Gasteiger partial charge in [0.05, 0.1) is 22.4 Å². The SMILES string of the molecule is CCN(CC)S(=O)(=O)c1c(C)nn(CN(C)Cc2ccc(Cl)s2)c1C. The summed E-state index contributed by atoms with van der Waals surface area (Å²) in [7, 11) is -1.54. The highest BCUT2D eigenvalue weighted by molar-refractivity contribution is 7.89. The zero-order valence-corrected chi connectivity index (χ0v) is 17.7. The summed E-state index contributed by atoms with van der Waals surface area (Å²) < 4.78 is 29.7. The van der Waals surface area contributed by atoms with Gasteiger partial charge in [0.15, 0.2) is 0 Å². The molecular weight excluding hydrogens is 380 g/mol. The molecule has 0 unspecified atom stereocenters. The number of aromatic nitrogens is 2. The molecule has 0 saturated heterocycles. The number of thiophene rings is 1. The van der Waals surface area contributed by atoms with Crippen LogP contribution in [0.5, 0.6) is 0 Å². The van der Waals surface area contributed by atoms with E-state index in [0.29, 0.717) is 36.0 Å². The Hall–Kier alpha value is -0.930. The van der Waals surface area contributed by atoms with Crippen LogP contribution in [-0.2, 0) is 23.2 Å². The van der Waals surface area contributed by atoms with Crippen molar-refractivity contribution in [2.45, 2.75) is 45.8 Å². The van der Waals surface area contributed by atoms with Crippen molar-refractivity contribution < 1.29 is 8.42 Å². The highest BCUT2D eigenvalue weighted by Crippen LogP contribution is 2.25. The molecule has 0 N–H and O–H groups in total. The highest BCUT2D eigenvalue weighted by Gasteiger charge is 2.29. The Morgan fingerprint density at radius 1 is 1.24 bits per heavy atom. The lowest BCUT2D eigenvalue weighted by Crippen LogP contribution is -2.31. The van der Waals surface area contributed by atoms with E-state index >= 15 is 0 Å². The molecule has 140 valence electrons. The van der Waals surface area contributed by atoms with Gasteiger partial charge in [-0.05, 0) is 33.0 Å². The molecule has 2 aromatic rings. The third kappa shape index (κ3) is 4.43. The second-order valence-corrected chi connectivity index (χ2v) is 9.62. The molecule has 0 spiro atoms. The van der Waals surface area contributed by atoms with Crippen molar-refractivity contribution in [3.63, 3.8) is 0 Å². The fourth-order valence-electron chi connectivity index (χ4n) is 2.87. The third-order valence-electron chi connectivity index (χ3n) is 4.05.